The number of ether oxygens (including phenoxy) is 1. The van der Waals surface area contributed by atoms with Crippen LogP contribution in [0.4, 0.5) is 0 Å². The highest BCUT2D eigenvalue weighted by Gasteiger charge is 2.19. The van der Waals surface area contributed by atoms with Gasteiger partial charge in [-0.05, 0) is 67.7 Å². The van der Waals surface area contributed by atoms with Crippen molar-refractivity contribution in [2.24, 2.45) is 4.99 Å². The van der Waals surface area contributed by atoms with Crippen LogP contribution < -0.4 is 5.56 Å². The Balaban J connectivity index is 2.32. The van der Waals surface area contributed by atoms with Gasteiger partial charge in [0.05, 0.1) is 18.5 Å². The second kappa shape index (κ2) is 9.47. The summed E-state index contributed by atoms with van der Waals surface area (Å²) in [5.41, 5.74) is 0.146. The molecule has 0 aliphatic carbocycles. The van der Waals surface area contributed by atoms with Gasteiger partial charge in [0.2, 0.25) is 5.88 Å². The fraction of sp³-hybridized carbons (Fsp3) is 0.143. The summed E-state index contributed by atoms with van der Waals surface area (Å²) < 4.78 is 7.21. The van der Waals surface area contributed by atoms with Gasteiger partial charge in [-0.1, -0.05) is 23.2 Å². The molecule has 0 saturated carbocycles. The zero-order chi connectivity index (χ0) is 22.7. The molecular formula is C21H17Cl2N3O4S. The van der Waals surface area contributed by atoms with Crippen LogP contribution in [-0.2, 0) is 9.53 Å². The lowest BCUT2D eigenvalue weighted by Crippen LogP contribution is -2.27. The van der Waals surface area contributed by atoms with E-state index in [9.17, 15) is 14.7 Å². The molecule has 160 valence electrons. The number of aliphatic imine (C=N–C) groups is 1. The molecule has 3 aromatic rings. The minimum absolute atomic E-state index is 0.0188. The van der Waals surface area contributed by atoms with Crippen molar-refractivity contribution in [1.82, 2.24) is 9.13 Å². The highest BCUT2D eigenvalue weighted by Crippen LogP contribution is 2.23. The van der Waals surface area contributed by atoms with E-state index in [4.69, 9.17) is 35.4 Å². The average Bonchev–Trinajstić information content (AvgIpc) is 2.75. The fourth-order valence-electron chi connectivity index (χ4n) is 2.79. The molecule has 1 unspecified atom stereocenters. The van der Waals surface area contributed by atoms with E-state index in [1.807, 2.05) is 0 Å². The Morgan fingerprint density at radius 1 is 1.06 bits per heavy atom. The number of halogens is 2. The van der Waals surface area contributed by atoms with Gasteiger partial charge in [-0.15, -0.1) is 0 Å². The largest absolute Gasteiger partial charge is 0.494 e. The van der Waals surface area contributed by atoms with E-state index in [2.05, 4.69) is 9.73 Å². The van der Waals surface area contributed by atoms with Crippen molar-refractivity contribution in [2.45, 2.75) is 13.0 Å². The Bertz CT molecular complexity index is 1270. The Morgan fingerprint density at radius 3 is 2.03 bits per heavy atom. The molecule has 31 heavy (non-hydrogen) atoms. The van der Waals surface area contributed by atoms with Crippen LogP contribution in [0.1, 0.15) is 12.5 Å². The lowest BCUT2D eigenvalue weighted by molar-refractivity contribution is -0.141. The predicted octanol–water partition coefficient (Wildman–Crippen LogP) is 4.35. The van der Waals surface area contributed by atoms with E-state index >= 15 is 0 Å². The second-order valence-electron chi connectivity index (χ2n) is 6.43. The van der Waals surface area contributed by atoms with Gasteiger partial charge in [-0.3, -0.25) is 18.9 Å². The maximum atomic E-state index is 13.2. The molecule has 3 rings (SSSR count). The highest BCUT2D eigenvalue weighted by atomic mass is 35.5. The van der Waals surface area contributed by atoms with Crippen LogP contribution in [0.2, 0.25) is 10.0 Å². The van der Waals surface area contributed by atoms with E-state index in [-0.39, 0.29) is 10.3 Å². The van der Waals surface area contributed by atoms with Crippen molar-refractivity contribution in [3.05, 3.63) is 79.3 Å². The molecule has 0 bridgehead atoms. The minimum Gasteiger partial charge on any atom is -0.494 e. The van der Waals surface area contributed by atoms with E-state index in [1.165, 1.54) is 23.2 Å². The van der Waals surface area contributed by atoms with Gasteiger partial charge < -0.3 is 9.84 Å². The summed E-state index contributed by atoms with van der Waals surface area (Å²) in [6, 6.07) is 12.2. The van der Waals surface area contributed by atoms with Crippen molar-refractivity contribution in [3.63, 3.8) is 0 Å². The van der Waals surface area contributed by atoms with Crippen molar-refractivity contribution in [3.8, 4) is 17.3 Å². The number of esters is 1. The fourth-order valence-corrected chi connectivity index (χ4v) is 3.42. The van der Waals surface area contributed by atoms with E-state index in [1.54, 1.807) is 48.5 Å². The first-order valence-corrected chi connectivity index (χ1v) is 10.1. The molecule has 7 nitrogen and oxygen atoms in total. The van der Waals surface area contributed by atoms with Gasteiger partial charge in [-0.2, -0.15) is 0 Å². The number of carbonyl (C=O) groups excluding carboxylic acids is 1. The number of nitrogens with zero attached hydrogens (tertiary/aromatic N) is 3. The Kier molecular flexibility index (Phi) is 6.94. The number of benzene rings is 2. The third-order valence-corrected chi connectivity index (χ3v) is 5.28. The molecular weight excluding hydrogens is 461 g/mol. The molecule has 10 heteroatoms. The molecule has 1 aromatic heterocycles. The van der Waals surface area contributed by atoms with E-state index in [0.717, 1.165) is 6.21 Å². The summed E-state index contributed by atoms with van der Waals surface area (Å²) in [7, 11) is 1.24. The number of aromatic hydroxyl groups is 1. The summed E-state index contributed by atoms with van der Waals surface area (Å²) in [6.45, 7) is 1.51. The quantitative estimate of drug-likeness (QED) is 0.335. The molecule has 1 N–H and O–H groups in total. The molecule has 2 aromatic carbocycles. The smallest absolute Gasteiger partial charge is 0.330 e. The summed E-state index contributed by atoms with van der Waals surface area (Å²) in [6.07, 6.45) is 1.13. The van der Waals surface area contributed by atoms with Crippen LogP contribution in [0.15, 0.2) is 58.3 Å². The lowest BCUT2D eigenvalue weighted by Gasteiger charge is -2.16. The van der Waals surface area contributed by atoms with Crippen LogP contribution in [-0.4, -0.2) is 39.6 Å². The zero-order valence-electron chi connectivity index (χ0n) is 16.5. The van der Waals surface area contributed by atoms with Crippen LogP contribution in [0.5, 0.6) is 5.88 Å². The first-order valence-electron chi connectivity index (χ1n) is 8.98. The number of methoxy groups -OCH3 is 1. The molecule has 0 aliphatic heterocycles. The summed E-state index contributed by atoms with van der Waals surface area (Å²) >= 11 is 17.5. The van der Waals surface area contributed by atoms with Crippen LogP contribution >= 0.6 is 35.4 Å². The van der Waals surface area contributed by atoms with Crippen LogP contribution in [0.25, 0.3) is 11.4 Å². The molecule has 1 heterocycles. The van der Waals surface area contributed by atoms with E-state index < -0.39 is 23.5 Å². The molecule has 1 atom stereocenters. The van der Waals surface area contributed by atoms with E-state index in [0.29, 0.717) is 21.4 Å². The molecule has 0 radical (unpaired) electrons. The van der Waals surface area contributed by atoms with Crippen LogP contribution in [0.3, 0.4) is 0 Å². The molecule has 0 spiro atoms. The standard InChI is InChI=1S/C21H17Cl2N3O4S/c1-12(20(29)30-2)24-11-17-18(27)25(15-7-3-13(22)4-8-15)21(31)26(19(17)28)16-9-5-14(23)6-10-16/h3-12,27H,1-2H3. The maximum Gasteiger partial charge on any atom is 0.330 e. The van der Waals surface area contributed by atoms with Crippen molar-refractivity contribution in [1.29, 1.82) is 0 Å². The molecule has 0 fully saturated rings. The monoisotopic (exact) mass is 477 g/mol. The van der Waals surface area contributed by atoms with Crippen molar-refractivity contribution in [2.75, 3.05) is 7.11 Å². The minimum atomic E-state index is -0.875. The Hall–Kier alpha value is -2.94. The first-order chi connectivity index (χ1) is 14.7. The highest BCUT2D eigenvalue weighted by molar-refractivity contribution is 7.71. The maximum absolute atomic E-state index is 13.2. The first kappa shape index (κ1) is 22.7. The Labute approximate surface area is 192 Å². The average molecular weight is 478 g/mol. The number of carbonyl (C=O) groups is 1. The number of hydrogen-bond acceptors (Lipinski definition) is 6. The molecule has 0 aliphatic rings. The van der Waals surface area contributed by atoms with Gasteiger partial charge in [0, 0.05) is 16.3 Å². The van der Waals surface area contributed by atoms with Crippen molar-refractivity contribution >= 4 is 47.6 Å². The molecule has 0 amide bonds. The van der Waals surface area contributed by atoms with Gasteiger partial charge >= 0.3 is 5.97 Å². The number of aromatic nitrogens is 2. The number of hydrogen-bond donors (Lipinski definition) is 1. The number of rotatable bonds is 5. The van der Waals surface area contributed by atoms with Gasteiger partial charge in [0.15, 0.2) is 4.77 Å². The lowest BCUT2D eigenvalue weighted by atomic mass is 10.2. The third kappa shape index (κ3) is 4.71. The predicted molar refractivity (Wildman–Crippen MR) is 123 cm³/mol. The van der Waals surface area contributed by atoms with Gasteiger partial charge in [0.1, 0.15) is 11.6 Å². The van der Waals surface area contributed by atoms with Crippen LogP contribution in [0, 0.1) is 4.77 Å². The SMILES string of the molecule is COC(=O)C(C)N=Cc1c(O)n(-c2ccc(Cl)cc2)c(=S)n(-c2ccc(Cl)cc2)c1=O. The molecule has 0 saturated heterocycles. The second-order valence-corrected chi connectivity index (χ2v) is 7.66. The third-order valence-electron chi connectivity index (χ3n) is 4.41. The zero-order valence-corrected chi connectivity index (χ0v) is 18.8. The Morgan fingerprint density at radius 2 is 1.55 bits per heavy atom. The van der Waals surface area contributed by atoms with Crippen molar-refractivity contribution < 1.29 is 14.6 Å². The normalized spacial score (nSPS) is 12.1. The summed E-state index contributed by atoms with van der Waals surface area (Å²) in [5.74, 6) is -1.01. The topological polar surface area (TPSA) is 85.8 Å². The van der Waals surface area contributed by atoms with Gasteiger partial charge in [0.25, 0.3) is 5.56 Å². The summed E-state index contributed by atoms with van der Waals surface area (Å²) in [5, 5.41) is 11.9. The van der Waals surface area contributed by atoms with Gasteiger partial charge in [-0.25, -0.2) is 4.79 Å². The summed E-state index contributed by atoms with van der Waals surface area (Å²) in [4.78, 5) is 29.0.